The summed E-state index contributed by atoms with van der Waals surface area (Å²) in [5.74, 6) is -0.326. The normalized spacial score (nSPS) is 12.3. The van der Waals surface area contributed by atoms with Crippen molar-refractivity contribution in [3.63, 3.8) is 0 Å². The Morgan fingerprint density at radius 1 is 1.11 bits per heavy atom. The molecule has 7 heteroatoms. The van der Waals surface area contributed by atoms with Crippen LogP contribution in [0.15, 0.2) is 48.5 Å². The van der Waals surface area contributed by atoms with E-state index in [0.717, 1.165) is 23.1 Å². The van der Waals surface area contributed by atoms with Crippen molar-refractivity contribution in [1.29, 1.82) is 0 Å². The number of para-hydroxylation sites is 1. The maximum atomic E-state index is 12.7. The quantitative estimate of drug-likeness (QED) is 0.736. The molecule has 6 nitrogen and oxygen atoms in total. The number of hydrogen-bond donors (Lipinski definition) is 1. The number of rotatable bonds is 8. The third-order valence-corrected chi connectivity index (χ3v) is 5.86. The van der Waals surface area contributed by atoms with Crippen LogP contribution in [0.25, 0.3) is 0 Å². The monoisotopic (exact) mass is 403 g/mol. The highest BCUT2D eigenvalue weighted by Gasteiger charge is 2.30. The summed E-state index contributed by atoms with van der Waals surface area (Å²) in [7, 11) is -1.68. The predicted molar refractivity (Wildman–Crippen MR) is 115 cm³/mol. The summed E-state index contributed by atoms with van der Waals surface area (Å²) in [5, 5.41) is 2.85. The first kappa shape index (κ1) is 21.8. The number of sulfonamides is 1. The molecule has 0 spiro atoms. The molecule has 2 rings (SSSR count). The highest BCUT2D eigenvalue weighted by atomic mass is 32.2. The lowest BCUT2D eigenvalue weighted by molar-refractivity contribution is -0.121. The fourth-order valence-corrected chi connectivity index (χ4v) is 4.27. The topological polar surface area (TPSA) is 69.7 Å². The first-order valence-electron chi connectivity index (χ1n) is 9.22. The van der Waals surface area contributed by atoms with Crippen molar-refractivity contribution in [2.45, 2.75) is 26.8 Å². The zero-order valence-electron chi connectivity index (χ0n) is 17.1. The SMILES string of the molecule is Cc1ccc(C)c(N([C@H](C)C(=O)NCCN(C)c2ccccc2)S(C)(=O)=O)c1. The van der Waals surface area contributed by atoms with Gasteiger partial charge in [-0.25, -0.2) is 8.42 Å². The fraction of sp³-hybridized carbons (Fsp3) is 0.381. The molecule has 0 aliphatic rings. The van der Waals surface area contributed by atoms with Crippen molar-refractivity contribution in [2.24, 2.45) is 0 Å². The molecule has 2 aromatic carbocycles. The summed E-state index contributed by atoms with van der Waals surface area (Å²) in [6.07, 6.45) is 1.13. The standard InChI is InChI=1S/C21H29N3O3S/c1-16-11-12-17(2)20(15-16)24(28(5,26)27)18(3)21(25)22-13-14-23(4)19-9-7-6-8-10-19/h6-12,15,18H,13-14H2,1-5H3,(H,22,25)/t18-/m1/s1. The highest BCUT2D eigenvalue weighted by molar-refractivity contribution is 7.92. The zero-order valence-corrected chi connectivity index (χ0v) is 18.0. The Balaban J connectivity index is 2.09. The van der Waals surface area contributed by atoms with Gasteiger partial charge in [0.15, 0.2) is 0 Å². The zero-order chi connectivity index (χ0) is 20.9. The largest absolute Gasteiger partial charge is 0.373 e. The van der Waals surface area contributed by atoms with Crippen LogP contribution < -0.4 is 14.5 Å². The minimum absolute atomic E-state index is 0.326. The van der Waals surface area contributed by atoms with E-state index in [1.54, 1.807) is 13.0 Å². The van der Waals surface area contributed by atoms with Crippen molar-refractivity contribution in [1.82, 2.24) is 5.32 Å². The van der Waals surface area contributed by atoms with E-state index in [1.807, 2.05) is 68.3 Å². The number of hydrogen-bond acceptors (Lipinski definition) is 4. The fourth-order valence-electron chi connectivity index (χ4n) is 3.04. The van der Waals surface area contributed by atoms with Crippen molar-refractivity contribution >= 4 is 27.3 Å². The molecule has 0 saturated carbocycles. The van der Waals surface area contributed by atoms with Crippen LogP contribution in [0, 0.1) is 13.8 Å². The molecular weight excluding hydrogens is 374 g/mol. The molecular formula is C21H29N3O3S. The van der Waals surface area contributed by atoms with Gasteiger partial charge in [0.2, 0.25) is 15.9 Å². The van der Waals surface area contributed by atoms with Gasteiger partial charge in [-0.2, -0.15) is 0 Å². The molecule has 0 fully saturated rings. The van der Waals surface area contributed by atoms with Gasteiger partial charge in [-0.15, -0.1) is 0 Å². The van der Waals surface area contributed by atoms with E-state index >= 15 is 0 Å². The molecule has 2 aromatic rings. The van der Waals surface area contributed by atoms with Crippen LogP contribution in [0.3, 0.4) is 0 Å². The molecule has 1 N–H and O–H groups in total. The van der Waals surface area contributed by atoms with Crippen molar-refractivity contribution < 1.29 is 13.2 Å². The second-order valence-corrected chi connectivity index (χ2v) is 8.93. The molecule has 0 bridgehead atoms. The number of aryl methyl sites for hydroxylation is 2. The minimum atomic E-state index is -3.62. The Bertz CT molecular complexity index is 914. The van der Waals surface area contributed by atoms with Gasteiger partial charge in [-0.3, -0.25) is 9.10 Å². The minimum Gasteiger partial charge on any atom is -0.373 e. The van der Waals surface area contributed by atoms with Crippen molar-refractivity contribution in [3.05, 3.63) is 59.7 Å². The van der Waals surface area contributed by atoms with Crippen LogP contribution >= 0.6 is 0 Å². The number of nitrogens with one attached hydrogen (secondary N) is 1. The maximum absolute atomic E-state index is 12.7. The summed E-state index contributed by atoms with van der Waals surface area (Å²) in [4.78, 5) is 14.7. The predicted octanol–water partition coefficient (Wildman–Crippen LogP) is 2.71. The number of amides is 1. The van der Waals surface area contributed by atoms with Gasteiger partial charge in [0.1, 0.15) is 6.04 Å². The van der Waals surface area contributed by atoms with E-state index in [0.29, 0.717) is 18.8 Å². The molecule has 28 heavy (non-hydrogen) atoms. The second-order valence-electron chi connectivity index (χ2n) is 7.07. The number of benzene rings is 2. The van der Waals surface area contributed by atoms with E-state index < -0.39 is 16.1 Å². The van der Waals surface area contributed by atoms with E-state index in [4.69, 9.17) is 0 Å². The average molecular weight is 404 g/mol. The molecule has 152 valence electrons. The lowest BCUT2D eigenvalue weighted by Crippen LogP contribution is -2.49. The summed E-state index contributed by atoms with van der Waals surface area (Å²) < 4.78 is 26.1. The summed E-state index contributed by atoms with van der Waals surface area (Å²) >= 11 is 0. The van der Waals surface area contributed by atoms with Gasteiger partial charge in [0.05, 0.1) is 11.9 Å². The van der Waals surface area contributed by atoms with Gasteiger partial charge < -0.3 is 10.2 Å². The average Bonchev–Trinajstić information content (AvgIpc) is 2.64. The van der Waals surface area contributed by atoms with Crippen LogP contribution in [0.1, 0.15) is 18.1 Å². The number of carbonyl (C=O) groups is 1. The number of carbonyl (C=O) groups excluding carboxylic acids is 1. The highest BCUT2D eigenvalue weighted by Crippen LogP contribution is 2.26. The third-order valence-electron chi connectivity index (χ3n) is 4.63. The van der Waals surface area contributed by atoms with E-state index in [1.165, 1.54) is 4.31 Å². The Labute approximate surface area is 168 Å². The Morgan fingerprint density at radius 2 is 1.75 bits per heavy atom. The number of anilines is 2. The van der Waals surface area contributed by atoms with Crippen LogP contribution in [-0.4, -0.2) is 46.8 Å². The third kappa shape index (κ3) is 5.48. The Hall–Kier alpha value is -2.54. The molecule has 0 aromatic heterocycles. The van der Waals surface area contributed by atoms with E-state index in [9.17, 15) is 13.2 Å². The first-order chi connectivity index (χ1) is 13.1. The number of nitrogens with zero attached hydrogens (tertiary/aromatic N) is 2. The van der Waals surface area contributed by atoms with Crippen LogP contribution in [0.2, 0.25) is 0 Å². The smallest absolute Gasteiger partial charge is 0.243 e. The maximum Gasteiger partial charge on any atom is 0.243 e. The first-order valence-corrected chi connectivity index (χ1v) is 11.1. The van der Waals surface area contributed by atoms with E-state index in [-0.39, 0.29) is 5.91 Å². The summed E-state index contributed by atoms with van der Waals surface area (Å²) in [6.45, 7) is 6.38. The molecule has 0 radical (unpaired) electrons. The molecule has 0 heterocycles. The lowest BCUT2D eigenvalue weighted by Gasteiger charge is -2.30. The molecule has 0 aliphatic carbocycles. The molecule has 0 aliphatic heterocycles. The van der Waals surface area contributed by atoms with Gasteiger partial charge in [0, 0.05) is 25.8 Å². The van der Waals surface area contributed by atoms with Gasteiger partial charge in [-0.1, -0.05) is 30.3 Å². The molecule has 1 atom stereocenters. The molecule has 0 unspecified atom stereocenters. The van der Waals surface area contributed by atoms with Gasteiger partial charge in [0.25, 0.3) is 0 Å². The van der Waals surface area contributed by atoms with Crippen LogP contribution in [-0.2, 0) is 14.8 Å². The number of likely N-dealkylation sites (N-methyl/N-ethyl adjacent to an activating group) is 1. The van der Waals surface area contributed by atoms with Crippen molar-refractivity contribution in [2.75, 3.05) is 35.6 Å². The van der Waals surface area contributed by atoms with Crippen molar-refractivity contribution in [3.8, 4) is 0 Å². The van der Waals surface area contributed by atoms with Crippen LogP contribution in [0.4, 0.5) is 11.4 Å². The van der Waals surface area contributed by atoms with Gasteiger partial charge >= 0.3 is 0 Å². The molecule has 0 saturated heterocycles. The Morgan fingerprint density at radius 3 is 2.36 bits per heavy atom. The van der Waals surface area contributed by atoms with E-state index in [2.05, 4.69) is 5.32 Å². The Kier molecular flexibility index (Phi) is 7.07. The summed E-state index contributed by atoms with van der Waals surface area (Å²) in [6, 6.07) is 14.6. The van der Waals surface area contributed by atoms with Gasteiger partial charge in [-0.05, 0) is 50.1 Å². The second kappa shape index (κ2) is 9.10. The lowest BCUT2D eigenvalue weighted by atomic mass is 10.1. The van der Waals surface area contributed by atoms with Crippen LogP contribution in [0.5, 0.6) is 0 Å². The summed E-state index contributed by atoms with van der Waals surface area (Å²) in [5.41, 5.74) is 3.33. The molecule has 1 amide bonds.